The zero-order valence-electron chi connectivity index (χ0n) is 18.5. The number of nitrogen functional groups attached to an aromatic ring is 1. The van der Waals surface area contributed by atoms with E-state index in [1.807, 2.05) is 18.2 Å². The minimum atomic E-state index is -0.365. The summed E-state index contributed by atoms with van der Waals surface area (Å²) >= 11 is 0. The number of para-hydroxylation sites is 1. The van der Waals surface area contributed by atoms with Crippen LogP contribution in [0, 0.1) is 5.41 Å². The fourth-order valence-electron chi connectivity index (χ4n) is 3.57. The van der Waals surface area contributed by atoms with Gasteiger partial charge in [0.2, 0.25) is 0 Å². The van der Waals surface area contributed by atoms with Crippen LogP contribution in [0.25, 0.3) is 11.0 Å². The quantitative estimate of drug-likeness (QED) is 0.192. The number of nitrogens with one attached hydrogen (secondary N) is 2. The Hall–Kier alpha value is -4.39. The summed E-state index contributed by atoms with van der Waals surface area (Å²) in [6.07, 6.45) is 2.99. The third-order valence-corrected chi connectivity index (χ3v) is 5.36. The van der Waals surface area contributed by atoms with Gasteiger partial charge in [-0.05, 0) is 61.2 Å². The first-order valence-corrected chi connectivity index (χ1v) is 11.0. The van der Waals surface area contributed by atoms with Crippen LogP contribution in [-0.2, 0) is 6.42 Å². The molecule has 4 rings (SSSR count). The van der Waals surface area contributed by atoms with Crippen molar-refractivity contribution >= 4 is 28.4 Å². The van der Waals surface area contributed by atoms with Crippen LogP contribution in [0.15, 0.2) is 88.1 Å². The molecule has 0 aliphatic carbocycles. The van der Waals surface area contributed by atoms with Crippen LogP contribution in [0.1, 0.15) is 34.5 Å². The summed E-state index contributed by atoms with van der Waals surface area (Å²) in [5.41, 5.74) is 7.36. The topological polar surface area (TPSA) is 118 Å². The summed E-state index contributed by atoms with van der Waals surface area (Å²) in [4.78, 5) is 25.1. The van der Waals surface area contributed by atoms with Gasteiger partial charge in [-0.2, -0.15) is 0 Å². The van der Waals surface area contributed by atoms with E-state index >= 15 is 0 Å². The fourth-order valence-corrected chi connectivity index (χ4v) is 3.57. The zero-order chi connectivity index (χ0) is 23.9. The fraction of sp³-hybridized carbons (Fsp3) is 0.148. The van der Waals surface area contributed by atoms with Crippen molar-refractivity contribution in [1.29, 1.82) is 5.41 Å². The van der Waals surface area contributed by atoms with Gasteiger partial charge in [0.05, 0.1) is 17.7 Å². The largest absolute Gasteiger partial charge is 0.494 e. The highest BCUT2D eigenvalue weighted by molar-refractivity contribution is 6.08. The number of ether oxygens (including phenoxy) is 1. The third-order valence-electron chi connectivity index (χ3n) is 5.36. The highest BCUT2D eigenvalue weighted by atomic mass is 16.5. The van der Waals surface area contributed by atoms with Gasteiger partial charge >= 0.3 is 0 Å². The van der Waals surface area contributed by atoms with Gasteiger partial charge in [-0.15, -0.1) is 0 Å². The van der Waals surface area contributed by atoms with Crippen molar-refractivity contribution in [2.75, 3.05) is 11.9 Å². The van der Waals surface area contributed by atoms with E-state index in [1.54, 1.807) is 42.5 Å². The lowest BCUT2D eigenvalue weighted by Gasteiger charge is -2.10. The van der Waals surface area contributed by atoms with Crippen LogP contribution >= 0.6 is 0 Å². The average molecular weight is 456 g/mol. The maximum absolute atomic E-state index is 12.8. The minimum absolute atomic E-state index is 0.0514. The summed E-state index contributed by atoms with van der Waals surface area (Å²) in [6.45, 7) is 0.603. The molecular weight excluding hydrogens is 430 g/mol. The second-order valence-electron chi connectivity index (χ2n) is 7.84. The number of unbranched alkanes of at least 4 members (excludes halogenated alkanes) is 1. The molecule has 34 heavy (non-hydrogen) atoms. The van der Waals surface area contributed by atoms with Gasteiger partial charge < -0.3 is 20.2 Å². The molecule has 1 heterocycles. The van der Waals surface area contributed by atoms with Gasteiger partial charge in [0.15, 0.2) is 22.6 Å². The molecule has 7 heteroatoms. The molecule has 0 fully saturated rings. The molecule has 1 amide bonds. The Morgan fingerprint density at radius 1 is 0.971 bits per heavy atom. The molecule has 0 bridgehead atoms. The van der Waals surface area contributed by atoms with E-state index in [1.165, 1.54) is 5.56 Å². The molecule has 172 valence electrons. The van der Waals surface area contributed by atoms with Crippen LogP contribution in [-0.4, -0.2) is 18.3 Å². The van der Waals surface area contributed by atoms with Gasteiger partial charge in [-0.3, -0.25) is 15.0 Å². The molecule has 4 N–H and O–H groups in total. The first-order chi connectivity index (χ1) is 16.5. The summed E-state index contributed by atoms with van der Waals surface area (Å²) in [7, 11) is 0. The Morgan fingerprint density at radius 3 is 2.47 bits per heavy atom. The molecule has 0 radical (unpaired) electrons. The molecule has 0 spiro atoms. The monoisotopic (exact) mass is 455 g/mol. The molecule has 0 atom stereocenters. The highest BCUT2D eigenvalue weighted by Crippen LogP contribution is 2.23. The van der Waals surface area contributed by atoms with Crippen molar-refractivity contribution in [3.8, 4) is 5.75 Å². The second-order valence-corrected chi connectivity index (χ2v) is 7.84. The molecule has 0 aliphatic rings. The molecule has 0 unspecified atom stereocenters. The number of amidine groups is 1. The summed E-state index contributed by atoms with van der Waals surface area (Å²) in [6, 6.07) is 23.2. The zero-order valence-corrected chi connectivity index (χ0v) is 18.5. The third kappa shape index (κ3) is 5.50. The van der Waals surface area contributed by atoms with Gasteiger partial charge in [0, 0.05) is 11.6 Å². The number of aryl methyl sites for hydroxylation is 1. The van der Waals surface area contributed by atoms with Crippen molar-refractivity contribution < 1.29 is 13.9 Å². The predicted molar refractivity (Wildman–Crippen MR) is 133 cm³/mol. The van der Waals surface area contributed by atoms with Gasteiger partial charge in [-0.25, -0.2) is 0 Å². The lowest BCUT2D eigenvalue weighted by atomic mass is 10.1. The summed E-state index contributed by atoms with van der Waals surface area (Å²) in [5.74, 6) is -0.0865. The number of hydrogen-bond donors (Lipinski definition) is 3. The van der Waals surface area contributed by atoms with Crippen molar-refractivity contribution in [2.45, 2.75) is 19.3 Å². The standard InChI is InChI=1S/C27H25N3O4/c28-26(29)24-17-23(31)21-10-6-11-22(25(21)34-24)30-27(32)19-12-14-20(15-13-19)33-16-5-4-9-18-7-2-1-3-8-18/h1-3,6-8,10-15,17H,4-5,9,16H2,(H3,28,29)(H,30,32). The molecule has 0 saturated heterocycles. The van der Waals surface area contributed by atoms with Gasteiger partial charge in [-0.1, -0.05) is 36.4 Å². The predicted octanol–water partition coefficient (Wildman–Crippen LogP) is 4.73. The van der Waals surface area contributed by atoms with E-state index in [4.69, 9.17) is 20.3 Å². The van der Waals surface area contributed by atoms with Crippen molar-refractivity contribution in [2.24, 2.45) is 5.73 Å². The first kappa shape index (κ1) is 22.8. The number of carbonyl (C=O) groups excluding carboxylic acids is 1. The van der Waals surface area contributed by atoms with Crippen LogP contribution in [0.2, 0.25) is 0 Å². The maximum Gasteiger partial charge on any atom is 0.255 e. The minimum Gasteiger partial charge on any atom is -0.494 e. The van der Waals surface area contributed by atoms with Crippen LogP contribution < -0.4 is 21.2 Å². The molecule has 1 aromatic heterocycles. The Labute approximate surface area is 196 Å². The average Bonchev–Trinajstić information content (AvgIpc) is 2.85. The second kappa shape index (κ2) is 10.5. The Bertz CT molecular complexity index is 1360. The maximum atomic E-state index is 12.8. The SMILES string of the molecule is N=C(N)c1cc(=O)c2cccc(NC(=O)c3ccc(OCCCCc4ccccc4)cc3)c2o1. The smallest absolute Gasteiger partial charge is 0.255 e. The number of hydrogen-bond acceptors (Lipinski definition) is 5. The number of nitrogens with two attached hydrogens (primary N) is 1. The van der Waals surface area contributed by atoms with E-state index in [0.717, 1.165) is 25.3 Å². The Balaban J connectivity index is 1.36. The lowest BCUT2D eigenvalue weighted by molar-refractivity contribution is 0.102. The number of amides is 1. The molecular formula is C27H25N3O4. The van der Waals surface area contributed by atoms with E-state index in [0.29, 0.717) is 29.0 Å². The van der Waals surface area contributed by atoms with Crippen LogP contribution in [0.3, 0.4) is 0 Å². The Kier molecular flexibility index (Phi) is 7.03. The van der Waals surface area contributed by atoms with E-state index < -0.39 is 0 Å². The lowest BCUT2D eigenvalue weighted by Crippen LogP contribution is -2.16. The van der Waals surface area contributed by atoms with E-state index in [9.17, 15) is 9.59 Å². The van der Waals surface area contributed by atoms with Crippen LogP contribution in [0.5, 0.6) is 5.75 Å². The first-order valence-electron chi connectivity index (χ1n) is 11.0. The van der Waals surface area contributed by atoms with Gasteiger partial charge in [0.1, 0.15) is 5.75 Å². The molecule has 4 aromatic rings. The number of carbonyl (C=O) groups is 1. The molecule has 3 aromatic carbocycles. The van der Waals surface area contributed by atoms with Crippen molar-refractivity contribution in [1.82, 2.24) is 0 Å². The number of anilines is 1. The van der Waals surface area contributed by atoms with Crippen molar-refractivity contribution in [3.05, 3.63) is 106 Å². The summed E-state index contributed by atoms with van der Waals surface area (Å²) < 4.78 is 11.4. The molecule has 0 saturated carbocycles. The number of benzene rings is 3. The van der Waals surface area contributed by atoms with E-state index in [-0.39, 0.29) is 28.5 Å². The van der Waals surface area contributed by atoms with Gasteiger partial charge in [0.25, 0.3) is 5.91 Å². The Morgan fingerprint density at radius 2 is 1.74 bits per heavy atom. The number of rotatable bonds is 9. The summed E-state index contributed by atoms with van der Waals surface area (Å²) in [5, 5.41) is 10.6. The molecule has 0 aliphatic heterocycles. The molecule has 7 nitrogen and oxygen atoms in total. The van der Waals surface area contributed by atoms with Crippen molar-refractivity contribution in [3.63, 3.8) is 0 Å². The van der Waals surface area contributed by atoms with Crippen LogP contribution in [0.4, 0.5) is 5.69 Å². The highest BCUT2D eigenvalue weighted by Gasteiger charge is 2.14. The number of fused-ring (bicyclic) bond motifs is 1. The van der Waals surface area contributed by atoms with E-state index in [2.05, 4.69) is 17.4 Å². The normalized spacial score (nSPS) is 10.7.